The van der Waals surface area contributed by atoms with E-state index in [4.69, 9.17) is 56.8 Å². The van der Waals surface area contributed by atoms with Gasteiger partial charge in [-0.15, -0.1) is 20.4 Å². The Morgan fingerprint density at radius 3 is 0.625 bits per heavy atom. The molecule has 8 bridgehead atoms. The number of nitrogens with zero attached hydrogens (tertiary/aromatic N) is 12. The Morgan fingerprint density at radius 1 is 0.305 bits per heavy atom. The molecular weight excluding hydrogens is 1650 g/mol. The van der Waals surface area contributed by atoms with Gasteiger partial charge in [-0.05, 0) is 281 Å². The Kier molecular flexibility index (Phi) is 34.1. The average molecular weight is 1780 g/mol. The van der Waals surface area contributed by atoms with Gasteiger partial charge in [0.1, 0.15) is 69.6 Å². The number of benzene rings is 4. The molecule has 4 aromatic heterocycles. The van der Waals surface area contributed by atoms with Gasteiger partial charge in [0.25, 0.3) is 0 Å². The van der Waals surface area contributed by atoms with Crippen molar-refractivity contribution in [2.24, 2.45) is 0 Å². The molecule has 4 unspecified atom stereocenters. The van der Waals surface area contributed by atoms with E-state index in [1.54, 1.807) is 154 Å². The number of fused-ring (bicyclic) bond motifs is 8. The Balaban J connectivity index is 1.30. The predicted molar refractivity (Wildman–Crippen MR) is 471 cm³/mol. The van der Waals surface area contributed by atoms with E-state index in [2.05, 4.69) is 111 Å². The van der Waals surface area contributed by atoms with Crippen LogP contribution in [0.3, 0.4) is 0 Å². The topological polar surface area (TPSA) is 418 Å². The molecular formula is C92H128N16O20. The van der Waals surface area contributed by atoms with Crippen molar-refractivity contribution in [3.8, 4) is 23.0 Å². The third-order valence-corrected chi connectivity index (χ3v) is 18.6. The molecule has 0 spiro atoms. The van der Waals surface area contributed by atoms with Crippen LogP contribution in [0.15, 0.2) is 73.3 Å². The summed E-state index contributed by atoms with van der Waals surface area (Å²) in [6.07, 6.45) is 2.29. The number of rotatable bonds is 36. The van der Waals surface area contributed by atoms with E-state index in [0.717, 1.165) is 66.8 Å². The Hall–Kier alpha value is -12.4. The Labute approximate surface area is 748 Å². The van der Waals surface area contributed by atoms with Crippen molar-refractivity contribution in [3.63, 3.8) is 0 Å². The second-order valence-corrected chi connectivity index (χ2v) is 36.6. The summed E-state index contributed by atoms with van der Waals surface area (Å²) in [6, 6.07) is 11.8. The first-order chi connectivity index (χ1) is 60.1. The molecule has 1 aliphatic carbocycles. The van der Waals surface area contributed by atoms with Gasteiger partial charge in [-0.3, -0.25) is 0 Å². The maximum atomic E-state index is 13.6. The van der Waals surface area contributed by atoms with Crippen LogP contribution in [-0.2, 0) is 135 Å². The Bertz CT molecular complexity index is 4450. The fourth-order valence-electron chi connectivity index (χ4n) is 14.3. The highest BCUT2D eigenvalue weighted by Gasteiger charge is 2.35. The molecule has 696 valence electrons. The van der Waals surface area contributed by atoms with Gasteiger partial charge in [-0.25, -0.2) is 57.1 Å². The van der Waals surface area contributed by atoms with Crippen LogP contribution in [0.5, 0.6) is 23.0 Å². The summed E-state index contributed by atoms with van der Waals surface area (Å²) >= 11 is 0. The number of hydrogen-bond acceptors (Lipinski definition) is 28. The normalized spacial score (nSPS) is 13.3. The molecule has 4 N–H and O–H groups in total. The first-order valence-electron chi connectivity index (χ1n) is 43.6. The van der Waals surface area contributed by atoms with Gasteiger partial charge in [0.05, 0.1) is 99.8 Å². The molecule has 4 atom stereocenters. The van der Waals surface area contributed by atoms with E-state index < -0.39 is 119 Å². The number of nitrogens with one attached hydrogen (secondary N) is 4. The van der Waals surface area contributed by atoms with Crippen molar-refractivity contribution in [1.29, 1.82) is 0 Å². The first-order valence-corrected chi connectivity index (χ1v) is 43.6. The molecule has 4 amide bonds. The van der Waals surface area contributed by atoms with E-state index in [1.807, 2.05) is 55.4 Å². The molecule has 4 heterocycles. The number of esters is 4. The fourth-order valence-corrected chi connectivity index (χ4v) is 14.3. The number of carbonyl (C=O) groups is 8. The highest BCUT2D eigenvalue weighted by molar-refractivity contribution is 5.84. The second-order valence-electron chi connectivity index (χ2n) is 36.6. The summed E-state index contributed by atoms with van der Waals surface area (Å²) in [5.41, 5.74) is 6.89. The van der Waals surface area contributed by atoms with Crippen LogP contribution >= 0.6 is 0 Å². The highest BCUT2D eigenvalue weighted by atomic mass is 16.6. The Morgan fingerprint density at radius 2 is 0.477 bits per heavy atom. The van der Waals surface area contributed by atoms with Crippen molar-refractivity contribution >= 4 is 48.3 Å². The van der Waals surface area contributed by atoms with Gasteiger partial charge in [0, 0.05) is 76.2 Å². The monoisotopic (exact) mass is 1780 g/mol. The largest absolute Gasteiger partial charge is 0.490 e. The lowest BCUT2D eigenvalue weighted by Gasteiger charge is -2.26. The zero-order valence-electron chi connectivity index (χ0n) is 78.4. The maximum absolute atomic E-state index is 13.6. The molecule has 4 aromatic carbocycles. The molecule has 8 aromatic rings. The van der Waals surface area contributed by atoms with Crippen LogP contribution in [-0.4, -0.2) is 206 Å². The third-order valence-electron chi connectivity index (χ3n) is 18.6. The van der Waals surface area contributed by atoms with Crippen LogP contribution in [0.1, 0.15) is 256 Å². The lowest BCUT2D eigenvalue weighted by Crippen LogP contribution is -2.45. The predicted octanol–water partition coefficient (Wildman–Crippen LogP) is 12.1. The van der Waals surface area contributed by atoms with E-state index in [9.17, 15) is 38.4 Å². The van der Waals surface area contributed by atoms with Crippen molar-refractivity contribution in [2.75, 3.05) is 26.4 Å². The number of alkyl carbamates (subject to hydrolysis) is 4. The molecule has 0 aliphatic heterocycles. The average Bonchev–Trinajstić information content (AvgIpc) is 0.809. The number of amides is 4. The lowest BCUT2D eigenvalue weighted by atomic mass is 9.88. The summed E-state index contributed by atoms with van der Waals surface area (Å²) in [6.45, 7) is 43.7. The quantitative estimate of drug-likeness (QED) is 0.0209. The molecule has 9 rings (SSSR count). The number of hydrogen-bond donors (Lipinski definition) is 4. The maximum Gasteiger partial charge on any atom is 0.408 e. The van der Waals surface area contributed by atoms with Gasteiger partial charge in [0.2, 0.25) is 0 Å². The summed E-state index contributed by atoms with van der Waals surface area (Å²) in [5.74, 6) is -0.494. The zero-order chi connectivity index (χ0) is 93.9. The lowest BCUT2D eigenvalue weighted by molar-refractivity contribution is -0.146. The van der Waals surface area contributed by atoms with Gasteiger partial charge >= 0.3 is 48.3 Å². The van der Waals surface area contributed by atoms with Crippen molar-refractivity contribution in [1.82, 2.24) is 81.2 Å². The van der Waals surface area contributed by atoms with E-state index in [-0.39, 0.29) is 104 Å². The van der Waals surface area contributed by atoms with Gasteiger partial charge < -0.3 is 78.1 Å². The SMILES string of the molecule is CCOC(=O)C(Cc1cn(Cc2cc3c(OC(C)C)c(c2)Cc2cc(Cn4cc(CC(NC(=O)OC(C)(C)C)C(=O)OCC)nn4)cc(c2OC(C)C)Cc2cc(Cn4cc(CC(NC(=O)OC(C)(C)C)C(=O)OCC)nn4)cc(c2OC(C)C)Cc2cc(Cn4cc(CC(NC(=O)OC(C)(C)C)C(=O)OCC)nn4)cc(c2OC(C)C)C3)nn1)NC(=O)OC(C)(C)C. The second kappa shape index (κ2) is 43.9. The first kappa shape index (κ1) is 99.4. The molecule has 0 saturated heterocycles. The van der Waals surface area contributed by atoms with Gasteiger partial charge in [0.15, 0.2) is 0 Å². The molecule has 128 heavy (non-hydrogen) atoms. The smallest absolute Gasteiger partial charge is 0.408 e. The summed E-state index contributed by atoms with van der Waals surface area (Å²) < 4.78 is 79.4. The van der Waals surface area contributed by atoms with Crippen molar-refractivity contribution < 1.29 is 95.2 Å². The fraction of sp³-hybridized carbons (Fsp3) is 0.565. The standard InChI is InChI=1S/C92H128N16O20/c1-25-117-81(109)73(93-85(113)125-89(13,14)15)41-69-49-105(101-97-69)45-57-29-61-37-63-31-58(46-106-50-70(98-102-106)42-74(82(110)118-26-2)94-86(114)126-90(16,17)18)33-65(78(63)122-54(7)8)39-67-35-60(48-108-52-72(100-104-108)44-76(84(112)120-28-4)96-88(116)128-92(22,23)24)36-68(80(67)124-56(11)12)40-66-34-59(32-64(79(66)123-55(9)10)38-62(30-57)77(61)121-53(5)6)47-107-51-71(99-103-107)43-75(83(111)119-27-3)95-87(115)127-91(19,20)21/h29-36,49-56,73-76H,25-28,37-48H2,1-24H3,(H,93,113)(H,94,114)(H,95,115)(H,96,116). The molecule has 1 aliphatic rings. The zero-order valence-corrected chi connectivity index (χ0v) is 78.4. The minimum absolute atomic E-state index is 0.0506. The van der Waals surface area contributed by atoms with E-state index in [1.165, 1.54) is 0 Å². The van der Waals surface area contributed by atoms with Crippen LogP contribution in [0.2, 0.25) is 0 Å². The molecule has 36 heteroatoms. The summed E-state index contributed by atoms with van der Waals surface area (Å²) in [5, 5.41) is 47.3. The van der Waals surface area contributed by atoms with Crippen molar-refractivity contribution in [3.05, 3.63) is 163 Å². The van der Waals surface area contributed by atoms with Crippen LogP contribution in [0.4, 0.5) is 19.2 Å². The summed E-state index contributed by atoms with van der Waals surface area (Å²) in [4.78, 5) is 107. The van der Waals surface area contributed by atoms with Gasteiger partial charge in [-0.2, -0.15) is 0 Å². The van der Waals surface area contributed by atoms with Crippen LogP contribution < -0.4 is 40.2 Å². The van der Waals surface area contributed by atoms with E-state index in [0.29, 0.717) is 45.8 Å². The molecule has 36 nitrogen and oxygen atoms in total. The molecule has 0 saturated carbocycles. The highest BCUT2D eigenvalue weighted by Crippen LogP contribution is 2.43. The molecule has 0 radical (unpaired) electrons. The number of carbonyl (C=O) groups excluding carboxylic acids is 8. The van der Waals surface area contributed by atoms with E-state index >= 15 is 0 Å². The van der Waals surface area contributed by atoms with Crippen LogP contribution in [0.25, 0.3) is 0 Å². The minimum atomic E-state index is -1.19. The summed E-state index contributed by atoms with van der Waals surface area (Å²) in [7, 11) is 0. The number of aromatic nitrogens is 12. The van der Waals surface area contributed by atoms with Crippen LogP contribution in [0, 0.1) is 0 Å². The van der Waals surface area contributed by atoms with Gasteiger partial charge in [-0.1, -0.05) is 20.9 Å². The number of ether oxygens (including phenoxy) is 12. The third kappa shape index (κ3) is 31.0. The minimum Gasteiger partial charge on any atom is -0.490 e. The van der Waals surface area contributed by atoms with Crippen molar-refractivity contribution in [2.45, 2.75) is 315 Å². The molecule has 0 fully saturated rings.